The van der Waals surface area contributed by atoms with E-state index in [1.807, 2.05) is 19.1 Å². The second-order valence-electron chi connectivity index (χ2n) is 3.87. The van der Waals surface area contributed by atoms with E-state index in [-0.39, 0.29) is 5.82 Å². The molecule has 0 aromatic heterocycles. The number of carbonyl (C=O) groups excluding carboxylic acids is 1. The number of benzene rings is 2. The predicted octanol–water partition coefficient (Wildman–Crippen LogP) is 2.90. The summed E-state index contributed by atoms with van der Waals surface area (Å²) in [7, 11) is 0. The molecule has 0 saturated heterocycles. The van der Waals surface area contributed by atoms with E-state index in [0.29, 0.717) is 16.7 Å². The van der Waals surface area contributed by atoms with Gasteiger partial charge in [0.1, 0.15) is 5.82 Å². The number of rotatable bonds is 2. The van der Waals surface area contributed by atoms with Crippen LogP contribution in [0, 0.1) is 12.7 Å². The summed E-state index contributed by atoms with van der Waals surface area (Å²) in [5.41, 5.74) is 7.91. The average molecular weight is 229 g/mol. The summed E-state index contributed by atoms with van der Waals surface area (Å²) in [6.07, 6.45) is 0. The Bertz CT molecular complexity index is 578. The van der Waals surface area contributed by atoms with Crippen molar-refractivity contribution in [2.75, 3.05) is 0 Å². The molecule has 0 aliphatic heterocycles. The van der Waals surface area contributed by atoms with Gasteiger partial charge in [0.05, 0.1) is 0 Å². The van der Waals surface area contributed by atoms with Crippen molar-refractivity contribution in [2.24, 2.45) is 5.73 Å². The molecule has 0 atom stereocenters. The first-order chi connectivity index (χ1) is 8.09. The van der Waals surface area contributed by atoms with Crippen LogP contribution in [0.1, 0.15) is 15.9 Å². The van der Waals surface area contributed by atoms with Gasteiger partial charge in [0.2, 0.25) is 5.91 Å². The van der Waals surface area contributed by atoms with E-state index in [2.05, 4.69) is 0 Å². The van der Waals surface area contributed by atoms with Crippen molar-refractivity contribution in [3.8, 4) is 11.1 Å². The topological polar surface area (TPSA) is 43.1 Å². The van der Waals surface area contributed by atoms with E-state index in [1.165, 1.54) is 12.1 Å². The first kappa shape index (κ1) is 11.3. The van der Waals surface area contributed by atoms with Crippen molar-refractivity contribution in [1.82, 2.24) is 0 Å². The normalized spacial score (nSPS) is 10.2. The third kappa shape index (κ3) is 2.18. The van der Waals surface area contributed by atoms with Gasteiger partial charge in [-0.3, -0.25) is 4.79 Å². The number of carbonyl (C=O) groups is 1. The Morgan fingerprint density at radius 1 is 1.18 bits per heavy atom. The molecule has 2 N–H and O–H groups in total. The molecule has 0 radical (unpaired) electrons. The average Bonchev–Trinajstić information content (AvgIpc) is 2.28. The molecular formula is C14H12FNO. The fourth-order valence-electron chi connectivity index (χ4n) is 1.89. The van der Waals surface area contributed by atoms with Crippen LogP contribution in [0.15, 0.2) is 42.5 Å². The van der Waals surface area contributed by atoms with E-state index < -0.39 is 5.91 Å². The number of hydrogen-bond donors (Lipinski definition) is 1. The van der Waals surface area contributed by atoms with Gasteiger partial charge in [-0.25, -0.2) is 4.39 Å². The zero-order chi connectivity index (χ0) is 12.4. The minimum Gasteiger partial charge on any atom is -0.366 e. The number of nitrogens with two attached hydrogens (primary N) is 1. The summed E-state index contributed by atoms with van der Waals surface area (Å²) >= 11 is 0. The standard InChI is InChI=1S/C14H12FNO/c1-9-4-2-7-12(13(9)14(16)17)10-5-3-6-11(15)8-10/h2-8H,1H3,(H2,16,17). The lowest BCUT2D eigenvalue weighted by molar-refractivity contribution is 0.100. The molecule has 0 bridgehead atoms. The first-order valence-electron chi connectivity index (χ1n) is 5.25. The van der Waals surface area contributed by atoms with Gasteiger partial charge in [-0.2, -0.15) is 0 Å². The van der Waals surface area contributed by atoms with Gasteiger partial charge in [0, 0.05) is 5.56 Å². The van der Waals surface area contributed by atoms with Crippen LogP contribution >= 0.6 is 0 Å². The third-order valence-corrected chi connectivity index (χ3v) is 2.65. The van der Waals surface area contributed by atoms with Gasteiger partial charge < -0.3 is 5.73 Å². The minimum atomic E-state index is -0.498. The van der Waals surface area contributed by atoms with Crippen LogP contribution in [0.5, 0.6) is 0 Å². The van der Waals surface area contributed by atoms with Crippen LogP contribution in [0.4, 0.5) is 4.39 Å². The number of amides is 1. The van der Waals surface area contributed by atoms with Gasteiger partial charge >= 0.3 is 0 Å². The fourth-order valence-corrected chi connectivity index (χ4v) is 1.89. The Hall–Kier alpha value is -2.16. The molecule has 3 heteroatoms. The summed E-state index contributed by atoms with van der Waals surface area (Å²) in [5, 5.41) is 0. The van der Waals surface area contributed by atoms with E-state index >= 15 is 0 Å². The highest BCUT2D eigenvalue weighted by Crippen LogP contribution is 2.26. The molecule has 2 nitrogen and oxygen atoms in total. The maximum Gasteiger partial charge on any atom is 0.249 e. The van der Waals surface area contributed by atoms with Crippen LogP contribution in [-0.2, 0) is 0 Å². The monoisotopic (exact) mass is 229 g/mol. The third-order valence-electron chi connectivity index (χ3n) is 2.65. The molecule has 2 aromatic rings. The van der Waals surface area contributed by atoms with Crippen molar-refractivity contribution in [1.29, 1.82) is 0 Å². The molecule has 0 spiro atoms. The zero-order valence-corrected chi connectivity index (χ0v) is 9.41. The molecule has 2 aromatic carbocycles. The van der Waals surface area contributed by atoms with E-state index in [9.17, 15) is 9.18 Å². The Labute approximate surface area is 98.9 Å². The number of halogens is 1. The molecule has 2 rings (SSSR count). The summed E-state index contributed by atoms with van der Waals surface area (Å²) in [4.78, 5) is 11.4. The van der Waals surface area contributed by atoms with Gasteiger partial charge in [-0.05, 0) is 35.7 Å². The number of hydrogen-bond acceptors (Lipinski definition) is 1. The molecule has 0 aliphatic carbocycles. The van der Waals surface area contributed by atoms with Crippen LogP contribution in [0.25, 0.3) is 11.1 Å². The van der Waals surface area contributed by atoms with Crippen LogP contribution in [0.3, 0.4) is 0 Å². The van der Waals surface area contributed by atoms with Crippen LogP contribution in [0.2, 0.25) is 0 Å². The van der Waals surface area contributed by atoms with Gasteiger partial charge in [0.15, 0.2) is 0 Å². The minimum absolute atomic E-state index is 0.334. The largest absolute Gasteiger partial charge is 0.366 e. The Morgan fingerprint density at radius 3 is 2.53 bits per heavy atom. The summed E-state index contributed by atoms with van der Waals surface area (Å²) in [6.45, 7) is 1.81. The maximum atomic E-state index is 13.2. The smallest absolute Gasteiger partial charge is 0.249 e. The number of primary amides is 1. The summed E-state index contributed by atoms with van der Waals surface area (Å²) < 4.78 is 13.2. The highest BCUT2D eigenvalue weighted by Gasteiger charge is 2.12. The predicted molar refractivity (Wildman–Crippen MR) is 65.1 cm³/mol. The molecule has 0 fully saturated rings. The molecule has 86 valence electrons. The van der Waals surface area contributed by atoms with Gasteiger partial charge in [-0.1, -0.05) is 30.3 Å². The molecule has 0 heterocycles. The second-order valence-corrected chi connectivity index (χ2v) is 3.87. The van der Waals surface area contributed by atoms with Crippen molar-refractivity contribution in [3.05, 3.63) is 59.4 Å². The van der Waals surface area contributed by atoms with Gasteiger partial charge in [0.25, 0.3) is 0 Å². The molecule has 1 amide bonds. The van der Waals surface area contributed by atoms with Crippen LogP contribution in [-0.4, -0.2) is 5.91 Å². The Morgan fingerprint density at radius 2 is 1.88 bits per heavy atom. The first-order valence-corrected chi connectivity index (χ1v) is 5.25. The summed E-state index contributed by atoms with van der Waals surface area (Å²) in [5.74, 6) is -0.832. The van der Waals surface area contributed by atoms with Crippen molar-refractivity contribution < 1.29 is 9.18 Å². The van der Waals surface area contributed by atoms with Gasteiger partial charge in [-0.15, -0.1) is 0 Å². The molecule has 17 heavy (non-hydrogen) atoms. The highest BCUT2D eigenvalue weighted by molar-refractivity contribution is 6.01. The van der Waals surface area contributed by atoms with Crippen molar-refractivity contribution in [3.63, 3.8) is 0 Å². The fraction of sp³-hybridized carbons (Fsp3) is 0.0714. The maximum absolute atomic E-state index is 13.2. The van der Waals surface area contributed by atoms with Crippen molar-refractivity contribution in [2.45, 2.75) is 6.92 Å². The molecule has 0 unspecified atom stereocenters. The van der Waals surface area contributed by atoms with E-state index in [4.69, 9.17) is 5.73 Å². The second kappa shape index (κ2) is 4.37. The lowest BCUT2D eigenvalue weighted by Gasteiger charge is -2.09. The quantitative estimate of drug-likeness (QED) is 0.845. The van der Waals surface area contributed by atoms with E-state index in [1.54, 1.807) is 18.2 Å². The number of aryl methyl sites for hydroxylation is 1. The summed E-state index contributed by atoms with van der Waals surface area (Å²) in [6, 6.07) is 11.5. The SMILES string of the molecule is Cc1cccc(-c2cccc(F)c2)c1C(N)=O. The highest BCUT2D eigenvalue weighted by atomic mass is 19.1. The molecule has 0 saturated carbocycles. The van der Waals surface area contributed by atoms with E-state index in [0.717, 1.165) is 5.56 Å². The van der Waals surface area contributed by atoms with Crippen molar-refractivity contribution >= 4 is 5.91 Å². The van der Waals surface area contributed by atoms with Crippen LogP contribution < -0.4 is 5.73 Å². The Kier molecular flexibility index (Phi) is 2.91. The molecular weight excluding hydrogens is 217 g/mol. The lowest BCUT2D eigenvalue weighted by atomic mass is 9.95. The lowest BCUT2D eigenvalue weighted by Crippen LogP contribution is -2.14. The Balaban J connectivity index is 2.67. The molecule has 0 aliphatic rings. The zero-order valence-electron chi connectivity index (χ0n) is 9.41.